The number of nitrogens with one attached hydrogen (secondary N) is 1. The maximum Gasteiger partial charge on any atom is 0.417 e. The topological polar surface area (TPSA) is 107 Å². The van der Waals surface area contributed by atoms with E-state index in [1.807, 2.05) is 19.2 Å². The van der Waals surface area contributed by atoms with Gasteiger partial charge in [-0.05, 0) is 85.7 Å². The van der Waals surface area contributed by atoms with Crippen molar-refractivity contribution >= 4 is 15.7 Å². The number of halogens is 3. The molecular formula is C27H29F3N4O3S. The van der Waals surface area contributed by atoms with Crippen molar-refractivity contribution in [1.82, 2.24) is 15.3 Å². The van der Waals surface area contributed by atoms with Crippen LogP contribution in [0, 0.1) is 0 Å². The number of sulfone groups is 1. The summed E-state index contributed by atoms with van der Waals surface area (Å²) in [5.41, 5.74) is 7.72. The molecule has 2 aromatic heterocycles. The van der Waals surface area contributed by atoms with Gasteiger partial charge >= 0.3 is 6.18 Å². The smallest absolute Gasteiger partial charge is 0.383 e. The number of rotatable bonds is 6. The molecule has 0 radical (unpaired) electrons. The number of hydrogen-bond acceptors (Lipinski definition) is 7. The standard InChI is InChI=1S/C27H29F3N4O3S/c1-32-26(15-37-16-26)24-12-19(10-11-33-24)17-2-6-21(7-3-17)38(35,36)22-8-4-18(5-9-22)23-13-20(27(28,29)30)14-34-25(23)31/h2-3,6-7,10-14,18,22,32H,4-5,8-9,15-16H2,1H3,(H2,31,34). The summed E-state index contributed by atoms with van der Waals surface area (Å²) < 4.78 is 71.6. The monoisotopic (exact) mass is 546 g/mol. The Kier molecular flexibility index (Phi) is 6.95. The summed E-state index contributed by atoms with van der Waals surface area (Å²) in [5, 5.41) is 2.67. The number of pyridine rings is 2. The lowest BCUT2D eigenvalue weighted by atomic mass is 9.83. The van der Waals surface area contributed by atoms with E-state index >= 15 is 0 Å². The lowest BCUT2D eigenvalue weighted by Gasteiger charge is -2.40. The van der Waals surface area contributed by atoms with E-state index in [1.165, 1.54) is 0 Å². The molecule has 3 N–H and O–H groups in total. The first-order chi connectivity index (χ1) is 18.0. The van der Waals surface area contributed by atoms with Crippen molar-refractivity contribution in [1.29, 1.82) is 0 Å². The Morgan fingerprint density at radius 3 is 2.26 bits per heavy atom. The zero-order valence-electron chi connectivity index (χ0n) is 20.8. The number of nitrogens with zero attached hydrogens (tertiary/aromatic N) is 2. The Morgan fingerprint density at radius 1 is 1.00 bits per heavy atom. The Hall–Kier alpha value is -3.02. The SMILES string of the molecule is CNC1(c2cc(-c3ccc(S(=O)(=O)C4CCC(c5cc(C(F)(F)F)cnc5N)CC4)cc3)ccn2)COC1. The number of ether oxygens (including phenoxy) is 1. The number of anilines is 1. The average Bonchev–Trinajstić information content (AvgIpc) is 2.88. The second-order valence-corrected chi connectivity index (χ2v) is 12.2. The van der Waals surface area contributed by atoms with Gasteiger partial charge in [0.1, 0.15) is 11.4 Å². The molecule has 1 aliphatic heterocycles. The lowest BCUT2D eigenvalue weighted by Crippen LogP contribution is -2.56. The number of likely N-dealkylation sites (N-methyl/N-ethyl adjacent to an activating group) is 1. The van der Waals surface area contributed by atoms with Gasteiger partial charge in [0, 0.05) is 12.4 Å². The Morgan fingerprint density at radius 2 is 1.68 bits per heavy atom. The van der Waals surface area contributed by atoms with E-state index in [4.69, 9.17) is 10.5 Å². The minimum absolute atomic E-state index is 0.0599. The van der Waals surface area contributed by atoms with Gasteiger partial charge in [-0.2, -0.15) is 13.2 Å². The Balaban J connectivity index is 1.29. The lowest BCUT2D eigenvalue weighted by molar-refractivity contribution is -0.137. The molecule has 0 atom stereocenters. The maximum absolute atomic E-state index is 13.4. The third kappa shape index (κ3) is 4.90. The molecule has 0 bridgehead atoms. The molecule has 38 heavy (non-hydrogen) atoms. The predicted molar refractivity (Wildman–Crippen MR) is 137 cm³/mol. The zero-order chi connectivity index (χ0) is 27.1. The predicted octanol–water partition coefficient (Wildman–Crippen LogP) is 4.69. The van der Waals surface area contributed by atoms with E-state index in [1.54, 1.807) is 30.5 Å². The number of alkyl halides is 3. The zero-order valence-corrected chi connectivity index (χ0v) is 21.6. The average molecular weight is 547 g/mol. The van der Waals surface area contributed by atoms with Crippen molar-refractivity contribution < 1.29 is 26.3 Å². The first kappa shape index (κ1) is 26.6. The van der Waals surface area contributed by atoms with E-state index in [0.29, 0.717) is 44.5 Å². The molecule has 1 saturated carbocycles. The fourth-order valence-corrected chi connectivity index (χ4v) is 7.08. The molecule has 1 aromatic carbocycles. The number of nitrogens with two attached hydrogens (primary N) is 1. The summed E-state index contributed by atoms with van der Waals surface area (Å²) in [6, 6.07) is 11.7. The molecule has 0 spiro atoms. The molecule has 2 aliphatic rings. The van der Waals surface area contributed by atoms with Crippen molar-refractivity contribution in [2.45, 2.75) is 53.5 Å². The first-order valence-corrected chi connectivity index (χ1v) is 14.0. The molecule has 7 nitrogen and oxygen atoms in total. The molecule has 202 valence electrons. The fraction of sp³-hybridized carbons (Fsp3) is 0.407. The number of aromatic nitrogens is 2. The van der Waals surface area contributed by atoms with E-state index in [2.05, 4.69) is 15.3 Å². The number of nitrogen functional groups attached to an aromatic ring is 1. The van der Waals surface area contributed by atoms with Gasteiger partial charge in [-0.1, -0.05) is 12.1 Å². The largest absolute Gasteiger partial charge is 0.417 e. The maximum atomic E-state index is 13.4. The molecule has 3 heterocycles. The summed E-state index contributed by atoms with van der Waals surface area (Å²) in [5.74, 6) is -0.203. The van der Waals surface area contributed by atoms with Crippen LogP contribution in [0.25, 0.3) is 11.1 Å². The van der Waals surface area contributed by atoms with Crippen LogP contribution < -0.4 is 11.1 Å². The van der Waals surface area contributed by atoms with Crippen molar-refractivity contribution in [3.05, 3.63) is 71.7 Å². The van der Waals surface area contributed by atoms with Crippen molar-refractivity contribution in [3.8, 4) is 11.1 Å². The van der Waals surface area contributed by atoms with Gasteiger partial charge in [0.2, 0.25) is 0 Å². The van der Waals surface area contributed by atoms with E-state index in [9.17, 15) is 21.6 Å². The second kappa shape index (κ2) is 9.94. The second-order valence-electron chi connectivity index (χ2n) is 9.99. The molecule has 2 fully saturated rings. The quantitative estimate of drug-likeness (QED) is 0.462. The van der Waals surface area contributed by atoms with Crippen LogP contribution in [0.15, 0.2) is 59.8 Å². The van der Waals surface area contributed by atoms with E-state index < -0.39 is 26.8 Å². The molecule has 0 unspecified atom stereocenters. The van der Waals surface area contributed by atoms with E-state index in [-0.39, 0.29) is 22.2 Å². The summed E-state index contributed by atoms with van der Waals surface area (Å²) in [4.78, 5) is 8.45. The van der Waals surface area contributed by atoms with Crippen LogP contribution >= 0.6 is 0 Å². The van der Waals surface area contributed by atoms with Crippen LogP contribution in [0.5, 0.6) is 0 Å². The van der Waals surface area contributed by atoms with Crippen molar-refractivity contribution in [2.24, 2.45) is 0 Å². The molecule has 3 aromatic rings. The van der Waals surface area contributed by atoms with Crippen LogP contribution in [0.4, 0.5) is 19.0 Å². The van der Waals surface area contributed by atoms with E-state index in [0.717, 1.165) is 29.1 Å². The highest BCUT2D eigenvalue weighted by Crippen LogP contribution is 2.41. The van der Waals surface area contributed by atoms with Crippen LogP contribution in [-0.4, -0.2) is 43.9 Å². The minimum atomic E-state index is -4.51. The molecule has 0 amide bonds. The van der Waals surface area contributed by atoms with Gasteiger partial charge in [-0.25, -0.2) is 13.4 Å². The molecule has 1 aliphatic carbocycles. The normalized spacial score (nSPS) is 21.6. The van der Waals surface area contributed by atoms with Gasteiger partial charge in [0.05, 0.1) is 34.6 Å². The molecule has 1 saturated heterocycles. The highest BCUT2D eigenvalue weighted by atomic mass is 32.2. The Bertz CT molecular complexity index is 1410. The van der Waals surface area contributed by atoms with Crippen LogP contribution in [0.3, 0.4) is 0 Å². The van der Waals surface area contributed by atoms with Crippen molar-refractivity contribution in [3.63, 3.8) is 0 Å². The summed E-state index contributed by atoms with van der Waals surface area (Å²) >= 11 is 0. The fourth-order valence-electron chi connectivity index (χ4n) is 5.29. The van der Waals surface area contributed by atoms with Gasteiger partial charge in [0.15, 0.2) is 9.84 Å². The van der Waals surface area contributed by atoms with Gasteiger partial charge in [-0.3, -0.25) is 4.98 Å². The number of benzene rings is 1. The third-order valence-electron chi connectivity index (χ3n) is 7.77. The minimum Gasteiger partial charge on any atom is -0.383 e. The highest BCUT2D eigenvalue weighted by molar-refractivity contribution is 7.92. The molecular weight excluding hydrogens is 517 g/mol. The highest BCUT2D eigenvalue weighted by Gasteiger charge is 2.40. The summed E-state index contributed by atoms with van der Waals surface area (Å²) in [6.45, 7) is 1.08. The third-order valence-corrected chi connectivity index (χ3v) is 10.0. The Labute approximate surface area is 219 Å². The molecule has 11 heteroatoms. The summed E-state index contributed by atoms with van der Waals surface area (Å²) in [7, 11) is -1.73. The van der Waals surface area contributed by atoms with Crippen LogP contribution in [0.2, 0.25) is 0 Å². The summed E-state index contributed by atoms with van der Waals surface area (Å²) in [6.07, 6.45) is -0.528. The van der Waals surface area contributed by atoms with Gasteiger partial charge in [0.25, 0.3) is 0 Å². The van der Waals surface area contributed by atoms with Gasteiger partial charge in [-0.15, -0.1) is 0 Å². The number of hydrogen-bond donors (Lipinski definition) is 2. The van der Waals surface area contributed by atoms with Gasteiger partial charge < -0.3 is 15.8 Å². The van der Waals surface area contributed by atoms with Crippen LogP contribution in [0.1, 0.15) is 48.4 Å². The molecule has 5 rings (SSSR count). The first-order valence-electron chi connectivity index (χ1n) is 12.4. The van der Waals surface area contributed by atoms with Crippen molar-refractivity contribution in [2.75, 3.05) is 26.0 Å². The van der Waals surface area contributed by atoms with Crippen LogP contribution in [-0.2, 0) is 26.3 Å².